The van der Waals surface area contributed by atoms with Crippen molar-refractivity contribution in [3.8, 4) is 0 Å². The van der Waals surface area contributed by atoms with Crippen molar-refractivity contribution in [3.05, 3.63) is 78.1 Å². The smallest absolute Gasteiger partial charge is 0.255 e. The van der Waals surface area contributed by atoms with E-state index in [0.717, 1.165) is 10.6 Å². The number of carbonyl (C=O) groups is 1. The lowest BCUT2D eigenvalue weighted by molar-refractivity contribution is 0.102. The molecule has 0 aliphatic rings. The maximum absolute atomic E-state index is 12.6. The summed E-state index contributed by atoms with van der Waals surface area (Å²) in [5, 5.41) is 6.13. The van der Waals surface area contributed by atoms with E-state index < -0.39 is 0 Å². The first-order valence-electron chi connectivity index (χ1n) is 9.04. The van der Waals surface area contributed by atoms with Gasteiger partial charge in [-0.2, -0.15) is 0 Å². The number of carbonyl (C=O) groups excluding carboxylic acids is 1. The minimum atomic E-state index is -0.183. The molecule has 0 aliphatic heterocycles. The summed E-state index contributed by atoms with van der Waals surface area (Å²) in [7, 11) is 0. The van der Waals surface area contributed by atoms with E-state index in [9.17, 15) is 4.79 Å². The van der Waals surface area contributed by atoms with Gasteiger partial charge in [0, 0.05) is 16.1 Å². The number of anilines is 3. The number of fused-ring (bicyclic) bond motifs is 1. The zero-order chi connectivity index (χ0) is 20.2. The van der Waals surface area contributed by atoms with E-state index in [1.165, 1.54) is 0 Å². The number of aryl methyl sites for hydroxylation is 1. The highest BCUT2D eigenvalue weighted by Gasteiger charge is 2.11. The molecule has 6 nitrogen and oxygen atoms in total. The Morgan fingerprint density at radius 1 is 1.00 bits per heavy atom. The van der Waals surface area contributed by atoms with Crippen LogP contribution in [0.1, 0.15) is 16.1 Å². The lowest BCUT2D eigenvalue weighted by Gasteiger charge is -2.10. The molecule has 2 N–H and O–H groups in total. The number of aromatic nitrogens is 3. The lowest BCUT2D eigenvalue weighted by atomic mass is 10.2. The molecule has 29 heavy (non-hydrogen) atoms. The van der Waals surface area contributed by atoms with Gasteiger partial charge in [-0.1, -0.05) is 18.2 Å². The quantitative estimate of drug-likeness (QED) is 0.456. The molecule has 2 heterocycles. The van der Waals surface area contributed by atoms with Crippen LogP contribution in [0.2, 0.25) is 0 Å². The Balaban J connectivity index is 1.56. The Labute approximate surface area is 172 Å². The molecule has 0 spiro atoms. The molecule has 4 aromatic rings. The molecule has 0 bridgehead atoms. The maximum Gasteiger partial charge on any atom is 0.255 e. The van der Waals surface area contributed by atoms with Gasteiger partial charge in [0.15, 0.2) is 11.5 Å². The number of nitrogens with one attached hydrogen (secondary N) is 2. The number of thioether (sulfide) groups is 1. The molecule has 144 valence electrons. The van der Waals surface area contributed by atoms with Gasteiger partial charge in [0.1, 0.15) is 5.52 Å². The number of amides is 1. The summed E-state index contributed by atoms with van der Waals surface area (Å²) >= 11 is 1.64. The monoisotopic (exact) mass is 401 g/mol. The third-order valence-corrected chi connectivity index (χ3v) is 5.12. The van der Waals surface area contributed by atoms with Crippen LogP contribution in [0.4, 0.5) is 17.2 Å². The van der Waals surface area contributed by atoms with Gasteiger partial charge in [0.05, 0.1) is 17.6 Å². The van der Waals surface area contributed by atoms with Gasteiger partial charge < -0.3 is 10.6 Å². The maximum atomic E-state index is 12.6. The SMILES string of the molecule is CSc1ccc(C(=O)Nc2cc3ncc(Nc4ccccc4)nc3nc2C)cc1. The normalized spacial score (nSPS) is 10.7. The predicted molar refractivity (Wildman–Crippen MR) is 118 cm³/mol. The molecule has 2 aromatic heterocycles. The van der Waals surface area contributed by atoms with Crippen LogP contribution in [-0.4, -0.2) is 27.1 Å². The van der Waals surface area contributed by atoms with Crippen LogP contribution in [0, 0.1) is 6.92 Å². The van der Waals surface area contributed by atoms with Crippen LogP contribution in [0.5, 0.6) is 0 Å². The number of hydrogen-bond acceptors (Lipinski definition) is 6. The number of pyridine rings is 1. The van der Waals surface area contributed by atoms with Crippen LogP contribution in [0.15, 0.2) is 71.8 Å². The van der Waals surface area contributed by atoms with Crippen LogP contribution < -0.4 is 10.6 Å². The first kappa shape index (κ1) is 18.9. The van der Waals surface area contributed by atoms with Crippen LogP contribution >= 0.6 is 11.8 Å². The van der Waals surface area contributed by atoms with Crippen LogP contribution in [0.25, 0.3) is 11.2 Å². The minimum Gasteiger partial charge on any atom is -0.339 e. The van der Waals surface area contributed by atoms with E-state index in [2.05, 4.69) is 25.6 Å². The summed E-state index contributed by atoms with van der Waals surface area (Å²) in [6.45, 7) is 1.84. The molecule has 4 rings (SSSR count). The Morgan fingerprint density at radius 3 is 2.48 bits per heavy atom. The number of benzene rings is 2. The standard InChI is InChI=1S/C22H19N5OS/c1-14-18(26-22(28)15-8-10-17(29-2)11-9-15)12-19-21(24-14)27-20(13-23-19)25-16-6-4-3-5-7-16/h3-13H,1-2H3,(H,26,28)(H,24,25,27). The van der Waals surface area contributed by atoms with Crippen molar-refractivity contribution in [3.63, 3.8) is 0 Å². The van der Waals surface area contributed by atoms with E-state index in [0.29, 0.717) is 33.9 Å². The van der Waals surface area contributed by atoms with Crippen molar-refractivity contribution in [2.24, 2.45) is 0 Å². The van der Waals surface area contributed by atoms with Crippen molar-refractivity contribution < 1.29 is 4.79 Å². The molecular formula is C22H19N5OS. The van der Waals surface area contributed by atoms with Gasteiger partial charge in [-0.05, 0) is 55.6 Å². The van der Waals surface area contributed by atoms with E-state index >= 15 is 0 Å². The minimum absolute atomic E-state index is 0.183. The van der Waals surface area contributed by atoms with Crippen molar-refractivity contribution in [1.82, 2.24) is 15.0 Å². The predicted octanol–water partition coefficient (Wildman–Crippen LogP) is 5.05. The number of rotatable bonds is 5. The largest absolute Gasteiger partial charge is 0.339 e. The number of nitrogens with zero attached hydrogens (tertiary/aromatic N) is 3. The molecule has 0 fully saturated rings. The molecular weight excluding hydrogens is 382 g/mol. The highest BCUT2D eigenvalue weighted by Crippen LogP contribution is 2.22. The molecule has 0 saturated carbocycles. The summed E-state index contributed by atoms with van der Waals surface area (Å²) in [6, 6.07) is 19.0. The summed E-state index contributed by atoms with van der Waals surface area (Å²) < 4.78 is 0. The molecule has 7 heteroatoms. The Hall–Kier alpha value is -3.45. The summed E-state index contributed by atoms with van der Waals surface area (Å²) in [4.78, 5) is 27.2. The van der Waals surface area contributed by atoms with Gasteiger partial charge >= 0.3 is 0 Å². The van der Waals surface area contributed by atoms with Crippen molar-refractivity contribution in [1.29, 1.82) is 0 Å². The first-order valence-corrected chi connectivity index (χ1v) is 10.3. The second-order valence-electron chi connectivity index (χ2n) is 6.39. The van der Waals surface area contributed by atoms with E-state index in [-0.39, 0.29) is 5.91 Å². The molecule has 2 aromatic carbocycles. The second-order valence-corrected chi connectivity index (χ2v) is 7.27. The summed E-state index contributed by atoms with van der Waals surface area (Å²) in [6.07, 6.45) is 3.65. The molecule has 1 amide bonds. The van der Waals surface area contributed by atoms with Crippen LogP contribution in [0.3, 0.4) is 0 Å². The fourth-order valence-electron chi connectivity index (χ4n) is 2.83. The molecule has 0 unspecified atom stereocenters. The fraction of sp³-hybridized carbons (Fsp3) is 0.0909. The second kappa shape index (κ2) is 8.28. The van der Waals surface area contributed by atoms with Gasteiger partial charge in [-0.25, -0.2) is 15.0 Å². The zero-order valence-corrected chi connectivity index (χ0v) is 16.8. The van der Waals surface area contributed by atoms with Crippen LogP contribution in [-0.2, 0) is 0 Å². The van der Waals surface area contributed by atoms with Gasteiger partial charge in [0.2, 0.25) is 0 Å². The zero-order valence-electron chi connectivity index (χ0n) is 16.0. The van der Waals surface area contributed by atoms with Gasteiger partial charge in [-0.15, -0.1) is 11.8 Å². The fourth-order valence-corrected chi connectivity index (χ4v) is 3.23. The Kier molecular flexibility index (Phi) is 5.39. The average Bonchev–Trinajstić information content (AvgIpc) is 2.75. The van der Waals surface area contributed by atoms with Gasteiger partial charge in [0.25, 0.3) is 5.91 Å². The number of para-hydroxylation sites is 1. The van der Waals surface area contributed by atoms with E-state index in [4.69, 9.17) is 0 Å². The van der Waals surface area contributed by atoms with E-state index in [1.54, 1.807) is 24.0 Å². The first-order chi connectivity index (χ1) is 14.1. The molecule has 0 saturated heterocycles. The third-order valence-electron chi connectivity index (χ3n) is 4.37. The Morgan fingerprint density at radius 2 is 1.76 bits per heavy atom. The third kappa shape index (κ3) is 4.35. The lowest BCUT2D eigenvalue weighted by Crippen LogP contribution is -2.13. The number of hydrogen-bond donors (Lipinski definition) is 2. The van der Waals surface area contributed by atoms with E-state index in [1.807, 2.05) is 67.8 Å². The van der Waals surface area contributed by atoms with Crippen molar-refractivity contribution in [2.45, 2.75) is 11.8 Å². The highest BCUT2D eigenvalue weighted by atomic mass is 32.2. The summed E-state index contributed by atoms with van der Waals surface area (Å²) in [5.74, 6) is 0.429. The van der Waals surface area contributed by atoms with Crippen molar-refractivity contribution in [2.75, 3.05) is 16.9 Å². The summed E-state index contributed by atoms with van der Waals surface area (Å²) in [5.41, 5.74) is 3.95. The van der Waals surface area contributed by atoms with Gasteiger partial charge in [-0.3, -0.25) is 4.79 Å². The van der Waals surface area contributed by atoms with Crippen molar-refractivity contribution >= 4 is 46.0 Å². The molecule has 0 radical (unpaired) electrons. The Bertz CT molecular complexity index is 1160. The highest BCUT2D eigenvalue weighted by molar-refractivity contribution is 7.98. The molecule has 0 atom stereocenters. The molecule has 0 aliphatic carbocycles. The average molecular weight is 401 g/mol. The topological polar surface area (TPSA) is 79.8 Å².